The Morgan fingerprint density at radius 1 is 1.50 bits per heavy atom. The van der Waals surface area contributed by atoms with Gasteiger partial charge in [0.1, 0.15) is 0 Å². The number of nitrogens with zero attached hydrogens (tertiary/aromatic N) is 1. The van der Waals surface area contributed by atoms with E-state index in [1.54, 1.807) is 19.2 Å². The highest BCUT2D eigenvalue weighted by Crippen LogP contribution is 2.48. The molecule has 0 radical (unpaired) electrons. The Hall–Kier alpha value is -1.62. The van der Waals surface area contributed by atoms with Crippen molar-refractivity contribution in [1.29, 1.82) is 0 Å². The van der Waals surface area contributed by atoms with E-state index < -0.39 is 0 Å². The van der Waals surface area contributed by atoms with E-state index in [-0.39, 0.29) is 10.6 Å². The Balaban J connectivity index is 1.90. The maximum absolute atomic E-state index is 10.7. The van der Waals surface area contributed by atoms with Crippen molar-refractivity contribution in [2.24, 2.45) is 5.41 Å². The van der Waals surface area contributed by atoms with Crippen LogP contribution in [0.3, 0.4) is 0 Å². The number of nitrogens with one attached hydrogen (secondary N) is 1. The Labute approximate surface area is 106 Å². The van der Waals surface area contributed by atoms with Crippen LogP contribution in [-0.4, -0.2) is 25.2 Å². The summed E-state index contributed by atoms with van der Waals surface area (Å²) in [6, 6.07) is 6.64. The number of benzene rings is 1. The number of methoxy groups -OCH3 is 1. The van der Waals surface area contributed by atoms with E-state index >= 15 is 0 Å². The lowest BCUT2D eigenvalue weighted by atomic mass is 10.0. The molecule has 0 atom stereocenters. The van der Waals surface area contributed by atoms with Crippen LogP contribution in [0.4, 0.5) is 11.4 Å². The molecule has 1 N–H and O–H groups in total. The van der Waals surface area contributed by atoms with Gasteiger partial charge < -0.3 is 10.1 Å². The lowest BCUT2D eigenvalue weighted by molar-refractivity contribution is -0.384. The van der Waals surface area contributed by atoms with Crippen LogP contribution in [0.5, 0.6) is 0 Å². The predicted octanol–water partition coefficient (Wildman–Crippen LogP) is 2.82. The fraction of sp³-hybridized carbons (Fsp3) is 0.538. The zero-order valence-corrected chi connectivity index (χ0v) is 10.5. The van der Waals surface area contributed by atoms with Crippen LogP contribution < -0.4 is 5.32 Å². The summed E-state index contributed by atoms with van der Waals surface area (Å²) in [7, 11) is 1.71. The van der Waals surface area contributed by atoms with Crippen molar-refractivity contribution in [1.82, 2.24) is 0 Å². The van der Waals surface area contributed by atoms with Gasteiger partial charge in [0.15, 0.2) is 0 Å². The highest BCUT2D eigenvalue weighted by Gasteiger charge is 2.41. The fourth-order valence-electron chi connectivity index (χ4n) is 2.03. The zero-order chi connectivity index (χ0) is 13.0. The third-order valence-corrected chi connectivity index (χ3v) is 3.52. The van der Waals surface area contributed by atoms with Crippen LogP contribution in [0.25, 0.3) is 0 Å². The minimum absolute atomic E-state index is 0.127. The SMILES string of the molecule is COCCC1(CNc2cccc([N+](=O)[O-])c2)CC1. The van der Waals surface area contributed by atoms with Gasteiger partial charge in [-0.15, -0.1) is 0 Å². The summed E-state index contributed by atoms with van der Waals surface area (Å²) in [4.78, 5) is 10.3. The van der Waals surface area contributed by atoms with Crippen LogP contribution >= 0.6 is 0 Å². The van der Waals surface area contributed by atoms with Crippen molar-refractivity contribution < 1.29 is 9.66 Å². The van der Waals surface area contributed by atoms with Crippen LogP contribution in [0, 0.1) is 15.5 Å². The summed E-state index contributed by atoms with van der Waals surface area (Å²) in [5.74, 6) is 0. The number of rotatable bonds is 7. The lowest BCUT2D eigenvalue weighted by Gasteiger charge is -2.16. The maximum atomic E-state index is 10.7. The van der Waals surface area contributed by atoms with Crippen LogP contribution in [0.15, 0.2) is 24.3 Å². The topological polar surface area (TPSA) is 64.4 Å². The van der Waals surface area contributed by atoms with Crippen molar-refractivity contribution in [3.05, 3.63) is 34.4 Å². The summed E-state index contributed by atoms with van der Waals surface area (Å²) in [6.45, 7) is 1.63. The molecule has 1 aromatic carbocycles. The molecule has 0 bridgehead atoms. The van der Waals surface area contributed by atoms with Gasteiger partial charge in [-0.1, -0.05) is 6.07 Å². The Morgan fingerprint density at radius 3 is 2.89 bits per heavy atom. The summed E-state index contributed by atoms with van der Waals surface area (Å²) in [6.07, 6.45) is 3.46. The van der Waals surface area contributed by atoms with Gasteiger partial charge in [-0.25, -0.2) is 0 Å². The minimum Gasteiger partial charge on any atom is -0.385 e. The third kappa shape index (κ3) is 3.20. The molecule has 5 heteroatoms. The molecule has 98 valence electrons. The zero-order valence-electron chi connectivity index (χ0n) is 10.5. The van der Waals surface area contributed by atoms with Gasteiger partial charge in [-0.3, -0.25) is 10.1 Å². The third-order valence-electron chi connectivity index (χ3n) is 3.52. The number of nitro groups is 1. The first kappa shape index (κ1) is 12.8. The second kappa shape index (κ2) is 5.35. The van der Waals surface area contributed by atoms with Gasteiger partial charge in [0.25, 0.3) is 5.69 Å². The van der Waals surface area contributed by atoms with Crippen LogP contribution in [-0.2, 0) is 4.74 Å². The number of non-ortho nitro benzene ring substituents is 1. The molecule has 0 aliphatic heterocycles. The van der Waals surface area contributed by atoms with E-state index in [1.807, 2.05) is 6.07 Å². The molecule has 0 aromatic heterocycles. The van der Waals surface area contributed by atoms with Crippen molar-refractivity contribution in [3.8, 4) is 0 Å². The highest BCUT2D eigenvalue weighted by atomic mass is 16.6. The maximum Gasteiger partial charge on any atom is 0.271 e. The molecule has 0 spiro atoms. The quantitative estimate of drug-likeness (QED) is 0.597. The molecule has 1 aromatic rings. The molecule has 1 saturated carbocycles. The molecule has 0 saturated heterocycles. The van der Waals surface area contributed by atoms with Gasteiger partial charge in [0.2, 0.25) is 0 Å². The van der Waals surface area contributed by atoms with Gasteiger partial charge >= 0.3 is 0 Å². The summed E-state index contributed by atoms with van der Waals surface area (Å²) in [5.41, 5.74) is 1.27. The van der Waals surface area contributed by atoms with Crippen molar-refractivity contribution in [2.45, 2.75) is 19.3 Å². The predicted molar refractivity (Wildman–Crippen MR) is 69.7 cm³/mol. The molecule has 1 fully saturated rings. The van der Waals surface area contributed by atoms with Gasteiger partial charge in [0, 0.05) is 38.1 Å². The van der Waals surface area contributed by atoms with E-state index in [1.165, 1.54) is 18.9 Å². The monoisotopic (exact) mass is 250 g/mol. The largest absolute Gasteiger partial charge is 0.385 e. The normalized spacial score (nSPS) is 16.3. The molecule has 0 heterocycles. The van der Waals surface area contributed by atoms with Crippen molar-refractivity contribution in [3.63, 3.8) is 0 Å². The standard InChI is InChI=1S/C13H18N2O3/c1-18-8-7-13(5-6-13)10-14-11-3-2-4-12(9-11)15(16)17/h2-4,9,14H,5-8,10H2,1H3. The average Bonchev–Trinajstić information content (AvgIpc) is 3.15. The van der Waals surface area contributed by atoms with E-state index in [0.29, 0.717) is 5.41 Å². The minimum atomic E-state index is -0.372. The Morgan fingerprint density at radius 2 is 2.28 bits per heavy atom. The van der Waals surface area contributed by atoms with E-state index in [2.05, 4.69) is 5.32 Å². The van der Waals surface area contributed by atoms with Gasteiger partial charge in [0.05, 0.1) is 4.92 Å². The first-order chi connectivity index (χ1) is 8.65. The first-order valence-electron chi connectivity index (χ1n) is 6.12. The number of anilines is 1. The Bertz CT molecular complexity index is 430. The second-order valence-electron chi connectivity index (χ2n) is 4.90. The number of ether oxygens (including phenoxy) is 1. The summed E-state index contributed by atoms with van der Waals surface area (Å²) >= 11 is 0. The summed E-state index contributed by atoms with van der Waals surface area (Å²) in [5, 5.41) is 14.0. The molecule has 18 heavy (non-hydrogen) atoms. The van der Waals surface area contributed by atoms with Gasteiger partial charge in [-0.2, -0.15) is 0 Å². The number of hydrogen-bond donors (Lipinski definition) is 1. The van der Waals surface area contributed by atoms with Gasteiger partial charge in [-0.05, 0) is 30.7 Å². The molecule has 2 rings (SSSR count). The smallest absolute Gasteiger partial charge is 0.271 e. The van der Waals surface area contributed by atoms with Crippen LogP contribution in [0.1, 0.15) is 19.3 Å². The van der Waals surface area contributed by atoms with Crippen LogP contribution in [0.2, 0.25) is 0 Å². The molecule has 1 aliphatic rings. The lowest BCUT2D eigenvalue weighted by Crippen LogP contribution is -2.17. The number of hydrogen-bond acceptors (Lipinski definition) is 4. The molecular weight excluding hydrogens is 232 g/mol. The van der Waals surface area contributed by atoms with Crippen molar-refractivity contribution in [2.75, 3.05) is 25.6 Å². The first-order valence-corrected chi connectivity index (χ1v) is 6.12. The fourth-order valence-corrected chi connectivity index (χ4v) is 2.03. The molecule has 0 unspecified atom stereocenters. The molecule has 1 aliphatic carbocycles. The number of nitro benzene ring substituents is 1. The molecule has 0 amide bonds. The second-order valence-corrected chi connectivity index (χ2v) is 4.90. The van der Waals surface area contributed by atoms with E-state index in [0.717, 1.165) is 25.3 Å². The molecule has 5 nitrogen and oxygen atoms in total. The average molecular weight is 250 g/mol. The van der Waals surface area contributed by atoms with E-state index in [9.17, 15) is 10.1 Å². The van der Waals surface area contributed by atoms with E-state index in [4.69, 9.17) is 4.74 Å². The Kier molecular flexibility index (Phi) is 3.81. The summed E-state index contributed by atoms with van der Waals surface area (Å²) < 4.78 is 5.10. The highest BCUT2D eigenvalue weighted by molar-refractivity contribution is 5.51. The van der Waals surface area contributed by atoms with Crippen molar-refractivity contribution >= 4 is 11.4 Å². The molecular formula is C13H18N2O3.